The Hall–Kier alpha value is -1.91. The van der Waals surface area contributed by atoms with E-state index in [4.69, 9.17) is 4.84 Å². The normalized spacial score (nSPS) is 32.7. The van der Waals surface area contributed by atoms with Crippen molar-refractivity contribution < 1.29 is 19.2 Å². The molecule has 2 aliphatic carbocycles. The highest BCUT2D eigenvalue weighted by Crippen LogP contribution is 2.44. The van der Waals surface area contributed by atoms with Crippen molar-refractivity contribution in [3.8, 4) is 0 Å². The van der Waals surface area contributed by atoms with E-state index in [2.05, 4.69) is 6.08 Å². The maximum absolute atomic E-state index is 12.1. The lowest BCUT2D eigenvalue weighted by molar-refractivity contribution is -0.200. The van der Waals surface area contributed by atoms with E-state index in [0.717, 1.165) is 12.8 Å². The summed E-state index contributed by atoms with van der Waals surface area (Å²) in [5, 5.41) is 0.600. The van der Waals surface area contributed by atoms with E-state index in [-0.39, 0.29) is 11.8 Å². The van der Waals surface area contributed by atoms with Gasteiger partial charge < -0.3 is 4.84 Å². The van der Waals surface area contributed by atoms with Crippen LogP contribution in [0.5, 0.6) is 0 Å². The molecule has 19 heavy (non-hydrogen) atoms. The number of carbonyl (C=O) groups is 3. The highest BCUT2D eigenvalue weighted by atomic mass is 16.7. The zero-order valence-electron chi connectivity index (χ0n) is 10.9. The number of hydrogen-bond acceptors (Lipinski definition) is 4. The third-order valence-electron chi connectivity index (χ3n) is 4.34. The van der Waals surface area contributed by atoms with Gasteiger partial charge in [0.05, 0.1) is 5.92 Å². The Bertz CT molecular complexity index is 522. The van der Waals surface area contributed by atoms with E-state index in [9.17, 15) is 14.4 Å². The summed E-state index contributed by atoms with van der Waals surface area (Å²) in [6.07, 6.45) is 5.87. The van der Waals surface area contributed by atoms with E-state index in [1.54, 1.807) is 13.8 Å². The first kappa shape index (κ1) is 12.1. The highest BCUT2D eigenvalue weighted by molar-refractivity contribution is 6.18. The third kappa shape index (κ3) is 1.72. The second-order valence-corrected chi connectivity index (χ2v) is 5.45. The molecule has 0 radical (unpaired) electrons. The second-order valence-electron chi connectivity index (χ2n) is 5.45. The Morgan fingerprint density at radius 3 is 2.26 bits per heavy atom. The average molecular weight is 261 g/mol. The minimum Gasteiger partial charge on any atom is -0.329 e. The van der Waals surface area contributed by atoms with Gasteiger partial charge in [0, 0.05) is 11.1 Å². The molecule has 2 bridgehead atoms. The first-order valence-corrected chi connectivity index (χ1v) is 6.45. The maximum Gasteiger partial charge on any atom is 0.336 e. The molecule has 0 spiro atoms. The first-order valence-electron chi connectivity index (χ1n) is 6.45. The number of hydroxylamine groups is 2. The van der Waals surface area contributed by atoms with Crippen molar-refractivity contribution in [3.05, 3.63) is 23.3 Å². The summed E-state index contributed by atoms with van der Waals surface area (Å²) in [7, 11) is 0. The van der Waals surface area contributed by atoms with Gasteiger partial charge >= 0.3 is 5.97 Å². The van der Waals surface area contributed by atoms with Crippen LogP contribution in [0, 0.1) is 17.8 Å². The Balaban J connectivity index is 1.70. The molecule has 3 unspecified atom stereocenters. The maximum atomic E-state index is 12.1. The Morgan fingerprint density at radius 2 is 1.79 bits per heavy atom. The molecule has 3 aliphatic rings. The predicted octanol–water partition coefficient (Wildman–Crippen LogP) is 1.36. The molecule has 0 N–H and O–H groups in total. The minimum atomic E-state index is -0.533. The summed E-state index contributed by atoms with van der Waals surface area (Å²) < 4.78 is 0. The van der Waals surface area contributed by atoms with Gasteiger partial charge in [-0.15, -0.1) is 0 Å². The fraction of sp³-hybridized carbons (Fsp3) is 0.500. The zero-order chi connectivity index (χ0) is 13.7. The molecule has 1 saturated carbocycles. The third-order valence-corrected chi connectivity index (χ3v) is 4.34. The molecular weight excluding hydrogens is 246 g/mol. The molecule has 3 rings (SSSR count). The van der Waals surface area contributed by atoms with Crippen LogP contribution in [0.15, 0.2) is 23.3 Å². The van der Waals surface area contributed by atoms with E-state index < -0.39 is 17.8 Å². The van der Waals surface area contributed by atoms with Crippen molar-refractivity contribution in [2.24, 2.45) is 17.8 Å². The smallest absolute Gasteiger partial charge is 0.329 e. The van der Waals surface area contributed by atoms with Crippen LogP contribution in [0.2, 0.25) is 0 Å². The molecule has 0 aromatic carbocycles. The van der Waals surface area contributed by atoms with Crippen LogP contribution in [-0.2, 0) is 19.2 Å². The molecule has 0 saturated heterocycles. The van der Waals surface area contributed by atoms with E-state index in [1.165, 1.54) is 0 Å². The van der Waals surface area contributed by atoms with Gasteiger partial charge in [-0.2, -0.15) is 0 Å². The number of rotatable bonds is 2. The van der Waals surface area contributed by atoms with Gasteiger partial charge in [-0.1, -0.05) is 17.2 Å². The number of allylic oxidation sites excluding steroid dienone is 2. The molecule has 5 heteroatoms. The van der Waals surface area contributed by atoms with Crippen molar-refractivity contribution in [3.63, 3.8) is 0 Å². The van der Waals surface area contributed by atoms with E-state index >= 15 is 0 Å². The molecular formula is C14H15NO4. The van der Waals surface area contributed by atoms with E-state index in [0.29, 0.717) is 22.1 Å². The molecule has 0 aromatic heterocycles. The van der Waals surface area contributed by atoms with Crippen molar-refractivity contribution in [2.45, 2.75) is 26.7 Å². The number of nitrogens with zero attached hydrogens (tertiary/aromatic N) is 1. The van der Waals surface area contributed by atoms with Crippen LogP contribution in [0.25, 0.3) is 0 Å². The van der Waals surface area contributed by atoms with Crippen LogP contribution >= 0.6 is 0 Å². The first-order chi connectivity index (χ1) is 8.99. The SMILES string of the molecule is CC1=C(C)C(=O)N(OC(=O)C2CC3C=CC2C3)C1=O. The Morgan fingerprint density at radius 1 is 1.16 bits per heavy atom. The van der Waals surface area contributed by atoms with Gasteiger partial charge in [0.1, 0.15) is 0 Å². The van der Waals surface area contributed by atoms with Gasteiger partial charge in [-0.25, -0.2) is 4.79 Å². The zero-order valence-corrected chi connectivity index (χ0v) is 10.9. The van der Waals surface area contributed by atoms with Gasteiger partial charge in [-0.05, 0) is 38.5 Å². The van der Waals surface area contributed by atoms with Crippen molar-refractivity contribution in [2.75, 3.05) is 0 Å². The molecule has 1 heterocycles. The van der Waals surface area contributed by atoms with E-state index in [1.807, 2.05) is 6.08 Å². The molecule has 1 aliphatic heterocycles. The van der Waals surface area contributed by atoms with Gasteiger partial charge in [0.15, 0.2) is 0 Å². The van der Waals surface area contributed by atoms with Gasteiger partial charge in [-0.3, -0.25) is 9.59 Å². The monoisotopic (exact) mass is 261 g/mol. The number of amides is 2. The average Bonchev–Trinajstić information content (AvgIpc) is 3.07. The standard InChI is InChI=1S/C14H15NO4/c1-7-8(2)13(17)15(12(7)16)19-14(18)11-6-9-3-4-10(11)5-9/h3-4,9-11H,5-6H2,1-2H3. The molecule has 0 aromatic rings. The number of imide groups is 1. The molecule has 1 fully saturated rings. The van der Waals surface area contributed by atoms with Gasteiger partial charge in [0.2, 0.25) is 0 Å². The van der Waals surface area contributed by atoms with Crippen LogP contribution in [-0.4, -0.2) is 22.8 Å². The van der Waals surface area contributed by atoms with Crippen molar-refractivity contribution in [1.82, 2.24) is 5.06 Å². The highest BCUT2D eigenvalue weighted by Gasteiger charge is 2.44. The van der Waals surface area contributed by atoms with Crippen LogP contribution in [0.1, 0.15) is 26.7 Å². The van der Waals surface area contributed by atoms with Crippen LogP contribution < -0.4 is 0 Å². The molecule has 2 amide bonds. The summed E-state index contributed by atoms with van der Waals surface area (Å²) >= 11 is 0. The largest absolute Gasteiger partial charge is 0.336 e. The summed E-state index contributed by atoms with van der Waals surface area (Å²) in [5.74, 6) is -1.13. The van der Waals surface area contributed by atoms with Crippen molar-refractivity contribution >= 4 is 17.8 Å². The molecule has 100 valence electrons. The fourth-order valence-corrected chi connectivity index (χ4v) is 3.01. The topological polar surface area (TPSA) is 63.7 Å². The molecule has 5 nitrogen and oxygen atoms in total. The molecule has 3 atom stereocenters. The second kappa shape index (κ2) is 4.05. The summed E-state index contributed by atoms with van der Waals surface area (Å²) in [6.45, 7) is 3.12. The quantitative estimate of drug-likeness (QED) is 0.556. The van der Waals surface area contributed by atoms with Crippen molar-refractivity contribution in [1.29, 1.82) is 0 Å². The number of carbonyl (C=O) groups excluding carboxylic acids is 3. The van der Waals surface area contributed by atoms with Gasteiger partial charge in [0.25, 0.3) is 11.8 Å². The number of hydrogen-bond donors (Lipinski definition) is 0. The lowest BCUT2D eigenvalue weighted by atomic mass is 9.94. The lowest BCUT2D eigenvalue weighted by Crippen LogP contribution is -2.37. The summed E-state index contributed by atoms with van der Waals surface area (Å²) in [4.78, 5) is 40.7. The predicted molar refractivity (Wildman–Crippen MR) is 65.2 cm³/mol. The van der Waals surface area contributed by atoms with Crippen LogP contribution in [0.4, 0.5) is 0 Å². The summed E-state index contributed by atoms with van der Waals surface area (Å²) in [6, 6.07) is 0. The summed E-state index contributed by atoms with van der Waals surface area (Å²) in [5.41, 5.74) is 0.677. The minimum absolute atomic E-state index is 0.195. The number of fused-ring (bicyclic) bond motifs is 2. The Labute approximate surface area is 110 Å². The lowest BCUT2D eigenvalue weighted by Gasteiger charge is -2.20. The fourth-order valence-electron chi connectivity index (χ4n) is 3.01. The van der Waals surface area contributed by atoms with Crippen LogP contribution in [0.3, 0.4) is 0 Å². The Kier molecular flexibility index (Phi) is 2.59.